The number of thiophene rings is 1. The standard InChI is InChI=1S/C19H23FN2O3S/c1-24-17-5-4-14(11-15(17)20)12-19(23)21-13-16(18-3-2-10-26-18)22-6-8-25-9-7-22/h2-5,10-11,16H,6-9,12-13H2,1H3,(H,21,23)/t16-/m1/s1. The Kier molecular flexibility index (Phi) is 6.60. The Balaban J connectivity index is 1.59. The molecule has 1 atom stereocenters. The van der Waals surface area contributed by atoms with Crippen molar-refractivity contribution in [1.29, 1.82) is 0 Å². The van der Waals surface area contributed by atoms with Crippen molar-refractivity contribution in [2.24, 2.45) is 0 Å². The second kappa shape index (κ2) is 9.12. The van der Waals surface area contributed by atoms with Crippen molar-refractivity contribution < 1.29 is 18.7 Å². The number of rotatable bonds is 7. The maximum atomic E-state index is 13.8. The van der Waals surface area contributed by atoms with E-state index in [1.165, 1.54) is 18.1 Å². The van der Waals surface area contributed by atoms with Gasteiger partial charge < -0.3 is 14.8 Å². The minimum absolute atomic E-state index is 0.121. The normalized spacial score (nSPS) is 16.2. The number of morpholine rings is 1. The van der Waals surface area contributed by atoms with E-state index >= 15 is 0 Å². The van der Waals surface area contributed by atoms with Crippen molar-refractivity contribution in [2.45, 2.75) is 12.5 Å². The number of hydrogen-bond acceptors (Lipinski definition) is 5. The fourth-order valence-electron chi connectivity index (χ4n) is 3.06. The third-order valence-corrected chi connectivity index (χ3v) is 5.41. The van der Waals surface area contributed by atoms with Gasteiger partial charge in [-0.15, -0.1) is 11.3 Å². The van der Waals surface area contributed by atoms with Gasteiger partial charge in [0.15, 0.2) is 11.6 Å². The average molecular weight is 378 g/mol. The molecule has 0 bridgehead atoms. The van der Waals surface area contributed by atoms with Gasteiger partial charge in [0.2, 0.25) is 5.91 Å². The van der Waals surface area contributed by atoms with Crippen LogP contribution in [0.3, 0.4) is 0 Å². The number of methoxy groups -OCH3 is 1. The van der Waals surface area contributed by atoms with Gasteiger partial charge in [0.25, 0.3) is 0 Å². The van der Waals surface area contributed by atoms with Gasteiger partial charge >= 0.3 is 0 Å². The minimum atomic E-state index is -0.456. The molecule has 5 nitrogen and oxygen atoms in total. The van der Waals surface area contributed by atoms with Crippen molar-refractivity contribution in [1.82, 2.24) is 10.2 Å². The van der Waals surface area contributed by atoms with Gasteiger partial charge in [-0.3, -0.25) is 9.69 Å². The molecule has 2 aromatic rings. The lowest BCUT2D eigenvalue weighted by atomic mass is 10.1. The van der Waals surface area contributed by atoms with E-state index in [9.17, 15) is 9.18 Å². The maximum absolute atomic E-state index is 13.8. The molecule has 0 unspecified atom stereocenters. The van der Waals surface area contributed by atoms with Gasteiger partial charge in [-0.05, 0) is 29.1 Å². The Morgan fingerprint density at radius 1 is 1.38 bits per heavy atom. The van der Waals surface area contributed by atoms with Gasteiger partial charge in [0.1, 0.15) is 0 Å². The molecule has 1 amide bonds. The van der Waals surface area contributed by atoms with Crippen LogP contribution in [0, 0.1) is 5.82 Å². The van der Waals surface area contributed by atoms with E-state index in [4.69, 9.17) is 9.47 Å². The molecule has 1 aliphatic heterocycles. The van der Waals surface area contributed by atoms with Crippen LogP contribution >= 0.6 is 11.3 Å². The summed E-state index contributed by atoms with van der Waals surface area (Å²) in [5.74, 6) is -0.397. The number of nitrogens with zero attached hydrogens (tertiary/aromatic N) is 1. The fraction of sp³-hybridized carbons (Fsp3) is 0.421. The molecular weight excluding hydrogens is 355 g/mol. The molecule has 1 aromatic carbocycles. The SMILES string of the molecule is COc1ccc(CC(=O)NC[C@H](c2cccs2)N2CCOCC2)cc1F. The van der Waals surface area contributed by atoms with Crippen molar-refractivity contribution in [3.8, 4) is 5.75 Å². The maximum Gasteiger partial charge on any atom is 0.224 e. The summed E-state index contributed by atoms with van der Waals surface area (Å²) < 4.78 is 24.1. The minimum Gasteiger partial charge on any atom is -0.494 e. The summed E-state index contributed by atoms with van der Waals surface area (Å²) in [5.41, 5.74) is 0.625. The van der Waals surface area contributed by atoms with Crippen LogP contribution in [0.25, 0.3) is 0 Å². The molecule has 7 heteroatoms. The molecule has 3 rings (SSSR count). The second-order valence-corrected chi connectivity index (χ2v) is 7.11. The van der Waals surface area contributed by atoms with E-state index in [-0.39, 0.29) is 24.1 Å². The van der Waals surface area contributed by atoms with E-state index in [0.29, 0.717) is 25.3 Å². The quantitative estimate of drug-likeness (QED) is 0.805. The van der Waals surface area contributed by atoms with Crippen molar-refractivity contribution in [2.75, 3.05) is 40.0 Å². The summed E-state index contributed by atoms with van der Waals surface area (Å²) in [7, 11) is 1.42. The van der Waals surface area contributed by atoms with Gasteiger partial charge in [-0.25, -0.2) is 4.39 Å². The molecule has 0 saturated carbocycles. The van der Waals surface area contributed by atoms with Crippen LogP contribution in [-0.4, -0.2) is 50.8 Å². The highest BCUT2D eigenvalue weighted by molar-refractivity contribution is 7.10. The zero-order valence-corrected chi connectivity index (χ0v) is 15.6. The molecule has 140 valence electrons. The van der Waals surface area contributed by atoms with Gasteiger partial charge in [0.05, 0.1) is 32.8 Å². The lowest BCUT2D eigenvalue weighted by Crippen LogP contribution is -2.43. The first-order chi connectivity index (χ1) is 12.7. The zero-order chi connectivity index (χ0) is 18.4. The van der Waals surface area contributed by atoms with Crippen LogP contribution in [0.15, 0.2) is 35.7 Å². The first-order valence-corrected chi connectivity index (χ1v) is 9.49. The predicted octanol–water partition coefficient (Wildman–Crippen LogP) is 2.63. The summed E-state index contributed by atoms with van der Waals surface area (Å²) in [6.45, 7) is 3.64. The largest absolute Gasteiger partial charge is 0.494 e. The van der Waals surface area contributed by atoms with Crippen LogP contribution < -0.4 is 10.1 Å². The Morgan fingerprint density at radius 2 is 2.19 bits per heavy atom. The topological polar surface area (TPSA) is 50.8 Å². The lowest BCUT2D eigenvalue weighted by molar-refractivity contribution is -0.120. The highest BCUT2D eigenvalue weighted by Crippen LogP contribution is 2.25. The first-order valence-electron chi connectivity index (χ1n) is 8.61. The molecule has 1 fully saturated rings. The van der Waals surface area contributed by atoms with Crippen molar-refractivity contribution >= 4 is 17.2 Å². The highest BCUT2D eigenvalue weighted by Gasteiger charge is 2.24. The van der Waals surface area contributed by atoms with E-state index in [0.717, 1.165) is 13.1 Å². The molecule has 1 saturated heterocycles. The smallest absolute Gasteiger partial charge is 0.224 e. The summed E-state index contributed by atoms with van der Waals surface area (Å²) in [5, 5.41) is 5.04. The van der Waals surface area contributed by atoms with Crippen LogP contribution in [0.5, 0.6) is 5.75 Å². The number of halogens is 1. The number of nitrogens with one attached hydrogen (secondary N) is 1. The Labute approximate surface area is 156 Å². The van der Waals surface area contributed by atoms with Crippen LogP contribution in [-0.2, 0) is 16.0 Å². The van der Waals surface area contributed by atoms with Crippen LogP contribution in [0.4, 0.5) is 4.39 Å². The van der Waals surface area contributed by atoms with Crippen LogP contribution in [0.2, 0.25) is 0 Å². The zero-order valence-electron chi connectivity index (χ0n) is 14.7. The summed E-state index contributed by atoms with van der Waals surface area (Å²) in [4.78, 5) is 15.9. The van der Waals surface area contributed by atoms with Crippen molar-refractivity contribution in [3.63, 3.8) is 0 Å². The molecule has 2 heterocycles. The van der Waals surface area contributed by atoms with E-state index < -0.39 is 5.82 Å². The Morgan fingerprint density at radius 3 is 2.85 bits per heavy atom. The second-order valence-electron chi connectivity index (χ2n) is 6.13. The number of ether oxygens (including phenoxy) is 2. The summed E-state index contributed by atoms with van der Waals surface area (Å²) in [6, 6.07) is 8.85. The van der Waals surface area contributed by atoms with Gasteiger partial charge in [-0.1, -0.05) is 12.1 Å². The molecule has 1 aliphatic rings. The highest BCUT2D eigenvalue weighted by atomic mass is 32.1. The molecule has 0 spiro atoms. The summed E-state index contributed by atoms with van der Waals surface area (Å²) >= 11 is 1.69. The van der Waals surface area contributed by atoms with Gasteiger partial charge in [-0.2, -0.15) is 0 Å². The number of benzene rings is 1. The number of carbonyl (C=O) groups excluding carboxylic acids is 1. The van der Waals surface area contributed by atoms with E-state index in [1.54, 1.807) is 23.5 Å². The van der Waals surface area contributed by atoms with Gasteiger partial charge in [0, 0.05) is 24.5 Å². The number of hydrogen-bond donors (Lipinski definition) is 1. The van der Waals surface area contributed by atoms with Crippen molar-refractivity contribution in [3.05, 3.63) is 52.0 Å². The molecule has 26 heavy (non-hydrogen) atoms. The molecule has 0 radical (unpaired) electrons. The number of carbonyl (C=O) groups is 1. The Bertz CT molecular complexity index is 718. The number of amides is 1. The van der Waals surface area contributed by atoms with Crippen LogP contribution in [0.1, 0.15) is 16.5 Å². The predicted molar refractivity (Wildman–Crippen MR) is 99.1 cm³/mol. The lowest BCUT2D eigenvalue weighted by Gasteiger charge is -2.34. The van der Waals surface area contributed by atoms with E-state index in [2.05, 4.69) is 16.3 Å². The third-order valence-electron chi connectivity index (χ3n) is 4.43. The summed E-state index contributed by atoms with van der Waals surface area (Å²) in [6.07, 6.45) is 0.140. The fourth-order valence-corrected chi connectivity index (χ4v) is 3.92. The third kappa shape index (κ3) is 4.81. The Hall–Kier alpha value is -1.96. The first kappa shape index (κ1) is 18.8. The molecule has 1 N–H and O–H groups in total. The monoisotopic (exact) mass is 378 g/mol. The molecule has 0 aliphatic carbocycles. The molecule has 1 aromatic heterocycles. The molecular formula is C19H23FN2O3S. The van der Waals surface area contributed by atoms with E-state index in [1.807, 2.05) is 11.4 Å². The average Bonchev–Trinajstić information content (AvgIpc) is 3.17.